The smallest absolute Gasteiger partial charge is 0.227 e. The van der Waals surface area contributed by atoms with Crippen LogP contribution in [0.5, 0.6) is 0 Å². The fourth-order valence-corrected chi connectivity index (χ4v) is 3.98. The number of carbonyl (C=O) groups is 1. The lowest BCUT2D eigenvalue weighted by Gasteiger charge is -2.30. The quantitative estimate of drug-likeness (QED) is 0.856. The molecule has 0 bridgehead atoms. The summed E-state index contributed by atoms with van der Waals surface area (Å²) in [6.07, 6.45) is 6.50. The Kier molecular flexibility index (Phi) is 5.21. The van der Waals surface area contributed by atoms with Crippen LogP contribution in [0.25, 0.3) is 0 Å². The zero-order valence-electron chi connectivity index (χ0n) is 14.3. The lowest BCUT2D eigenvalue weighted by atomic mass is 9.84. The number of benzene rings is 1. The first-order valence-electron chi connectivity index (χ1n) is 8.82. The number of hydrogen-bond donors (Lipinski definition) is 0. The summed E-state index contributed by atoms with van der Waals surface area (Å²) >= 11 is 0. The third-order valence-corrected chi connectivity index (χ3v) is 5.29. The molecule has 1 amide bonds. The van der Waals surface area contributed by atoms with Crippen molar-refractivity contribution in [3.05, 3.63) is 24.3 Å². The lowest BCUT2D eigenvalue weighted by molar-refractivity contribution is -0.120. The predicted octanol–water partition coefficient (Wildman–Crippen LogP) is 3.45. The zero-order chi connectivity index (χ0) is 16.2. The Labute approximate surface area is 139 Å². The summed E-state index contributed by atoms with van der Waals surface area (Å²) < 4.78 is 5.51. The van der Waals surface area contributed by atoms with Crippen LogP contribution >= 0.6 is 0 Å². The van der Waals surface area contributed by atoms with Gasteiger partial charge < -0.3 is 14.5 Å². The highest BCUT2D eigenvalue weighted by atomic mass is 16.5. The molecule has 126 valence electrons. The number of rotatable bonds is 3. The van der Waals surface area contributed by atoms with Crippen molar-refractivity contribution in [3.8, 4) is 0 Å². The topological polar surface area (TPSA) is 32.8 Å². The Balaban J connectivity index is 1.73. The molecule has 1 aromatic carbocycles. The first-order valence-corrected chi connectivity index (χ1v) is 8.82. The first-order chi connectivity index (χ1) is 11.2. The molecule has 1 fully saturated rings. The molecule has 1 aliphatic heterocycles. The first kappa shape index (κ1) is 16.3. The van der Waals surface area contributed by atoms with Gasteiger partial charge >= 0.3 is 0 Å². The van der Waals surface area contributed by atoms with Gasteiger partial charge in [0.05, 0.1) is 17.5 Å². The van der Waals surface area contributed by atoms with Crippen LogP contribution in [0.3, 0.4) is 0 Å². The van der Waals surface area contributed by atoms with E-state index < -0.39 is 0 Å². The van der Waals surface area contributed by atoms with Crippen molar-refractivity contribution in [2.24, 2.45) is 5.92 Å². The van der Waals surface area contributed by atoms with Crippen LogP contribution in [0.15, 0.2) is 24.3 Å². The van der Waals surface area contributed by atoms with Crippen molar-refractivity contribution in [3.63, 3.8) is 0 Å². The van der Waals surface area contributed by atoms with Gasteiger partial charge in [-0.3, -0.25) is 4.79 Å². The maximum Gasteiger partial charge on any atom is 0.227 e. The summed E-state index contributed by atoms with van der Waals surface area (Å²) in [7, 11) is 3.90. The van der Waals surface area contributed by atoms with E-state index in [4.69, 9.17) is 4.74 Å². The van der Waals surface area contributed by atoms with Gasteiger partial charge in [0.2, 0.25) is 5.91 Å². The third kappa shape index (κ3) is 3.69. The molecule has 1 heterocycles. The summed E-state index contributed by atoms with van der Waals surface area (Å²) in [4.78, 5) is 17.2. The molecule has 1 aromatic rings. The highest BCUT2D eigenvalue weighted by Crippen LogP contribution is 2.34. The standard InChI is InChI=1S/C19H28N2O2/c1-20-11-6-12-21(18-10-4-3-9-17(18)20)19(22)14-15-7-5-8-16(13-15)23-2/h3-4,9-10,15-16H,5-8,11-14H2,1-2H3/t15-,16-/m0/s1. The number of fused-ring (bicyclic) bond motifs is 1. The van der Waals surface area contributed by atoms with Crippen LogP contribution < -0.4 is 9.80 Å². The summed E-state index contributed by atoms with van der Waals surface area (Å²) in [5, 5.41) is 0. The second kappa shape index (κ2) is 7.35. The molecule has 4 nitrogen and oxygen atoms in total. The Morgan fingerprint density at radius 1 is 1.17 bits per heavy atom. The monoisotopic (exact) mass is 316 g/mol. The van der Waals surface area contributed by atoms with Gasteiger partial charge in [-0.05, 0) is 43.7 Å². The molecule has 0 saturated heterocycles. The predicted molar refractivity (Wildman–Crippen MR) is 94.1 cm³/mol. The SMILES string of the molecule is CO[C@H]1CCC[C@H](CC(=O)N2CCCN(C)c3ccccc32)C1. The van der Waals surface area contributed by atoms with E-state index in [9.17, 15) is 4.79 Å². The highest BCUT2D eigenvalue weighted by molar-refractivity contribution is 5.97. The molecule has 0 radical (unpaired) electrons. The largest absolute Gasteiger partial charge is 0.381 e. The highest BCUT2D eigenvalue weighted by Gasteiger charge is 2.28. The second-order valence-corrected chi connectivity index (χ2v) is 6.90. The van der Waals surface area contributed by atoms with Crippen LogP contribution in [0.4, 0.5) is 11.4 Å². The molecular formula is C19H28N2O2. The number of amides is 1. The molecule has 1 saturated carbocycles. The third-order valence-electron chi connectivity index (χ3n) is 5.29. The average molecular weight is 316 g/mol. The summed E-state index contributed by atoms with van der Waals surface area (Å²) in [6.45, 7) is 1.82. The van der Waals surface area contributed by atoms with E-state index in [1.165, 1.54) is 6.42 Å². The minimum atomic E-state index is 0.273. The average Bonchev–Trinajstić information content (AvgIpc) is 2.74. The number of methoxy groups -OCH3 is 1. The Morgan fingerprint density at radius 3 is 2.74 bits per heavy atom. The molecule has 2 aliphatic rings. The van der Waals surface area contributed by atoms with Crippen molar-refractivity contribution in [1.29, 1.82) is 0 Å². The Hall–Kier alpha value is -1.55. The Bertz CT molecular complexity index is 546. The van der Waals surface area contributed by atoms with E-state index in [2.05, 4.69) is 24.1 Å². The second-order valence-electron chi connectivity index (χ2n) is 6.90. The van der Waals surface area contributed by atoms with Crippen LogP contribution in [0.1, 0.15) is 38.5 Å². The van der Waals surface area contributed by atoms with E-state index in [0.717, 1.165) is 50.1 Å². The molecule has 0 aromatic heterocycles. The summed E-state index contributed by atoms with van der Waals surface area (Å²) in [5.74, 6) is 0.740. The van der Waals surface area contributed by atoms with E-state index >= 15 is 0 Å². The van der Waals surface area contributed by atoms with E-state index in [-0.39, 0.29) is 5.91 Å². The number of ether oxygens (including phenoxy) is 1. The molecule has 0 unspecified atom stereocenters. The molecular weight excluding hydrogens is 288 g/mol. The fraction of sp³-hybridized carbons (Fsp3) is 0.632. The maximum atomic E-state index is 13.0. The van der Waals surface area contributed by atoms with Gasteiger partial charge in [-0.15, -0.1) is 0 Å². The number of hydrogen-bond acceptors (Lipinski definition) is 3. The van der Waals surface area contributed by atoms with Gasteiger partial charge in [-0.1, -0.05) is 18.6 Å². The van der Waals surface area contributed by atoms with Crippen molar-refractivity contribution < 1.29 is 9.53 Å². The number of para-hydroxylation sites is 2. The number of anilines is 2. The van der Waals surface area contributed by atoms with Gasteiger partial charge in [-0.2, -0.15) is 0 Å². The minimum Gasteiger partial charge on any atom is -0.381 e. The van der Waals surface area contributed by atoms with Gasteiger partial charge in [0.15, 0.2) is 0 Å². The Morgan fingerprint density at radius 2 is 1.96 bits per heavy atom. The molecule has 1 aliphatic carbocycles. The zero-order valence-corrected chi connectivity index (χ0v) is 14.3. The van der Waals surface area contributed by atoms with Crippen molar-refractivity contribution in [2.75, 3.05) is 37.0 Å². The van der Waals surface area contributed by atoms with E-state index in [1.807, 2.05) is 17.0 Å². The van der Waals surface area contributed by atoms with E-state index in [1.54, 1.807) is 7.11 Å². The molecule has 3 rings (SSSR count). The molecule has 2 atom stereocenters. The summed E-state index contributed by atoms with van der Waals surface area (Å²) in [5.41, 5.74) is 2.23. The minimum absolute atomic E-state index is 0.273. The van der Waals surface area contributed by atoms with E-state index in [0.29, 0.717) is 18.4 Å². The normalized spacial score (nSPS) is 25.0. The van der Waals surface area contributed by atoms with Gasteiger partial charge in [-0.25, -0.2) is 0 Å². The van der Waals surface area contributed by atoms with Crippen LogP contribution in [-0.4, -0.2) is 39.3 Å². The van der Waals surface area contributed by atoms with Gasteiger partial charge in [0, 0.05) is 33.7 Å². The maximum absolute atomic E-state index is 13.0. The van der Waals surface area contributed by atoms with Gasteiger partial charge in [0.25, 0.3) is 0 Å². The van der Waals surface area contributed by atoms with Gasteiger partial charge in [0.1, 0.15) is 0 Å². The van der Waals surface area contributed by atoms with Crippen LogP contribution in [-0.2, 0) is 9.53 Å². The fourth-order valence-electron chi connectivity index (χ4n) is 3.98. The molecule has 0 N–H and O–H groups in total. The van der Waals surface area contributed by atoms with Crippen molar-refractivity contribution in [1.82, 2.24) is 0 Å². The molecule has 0 spiro atoms. The number of nitrogens with zero attached hydrogens (tertiary/aromatic N) is 2. The van der Waals surface area contributed by atoms with Crippen molar-refractivity contribution in [2.45, 2.75) is 44.6 Å². The lowest BCUT2D eigenvalue weighted by Crippen LogP contribution is -2.34. The van der Waals surface area contributed by atoms with Crippen molar-refractivity contribution >= 4 is 17.3 Å². The molecule has 23 heavy (non-hydrogen) atoms. The van der Waals surface area contributed by atoms with Crippen LogP contribution in [0, 0.1) is 5.92 Å². The molecule has 4 heteroatoms. The van der Waals surface area contributed by atoms with Crippen LogP contribution in [0.2, 0.25) is 0 Å². The summed E-state index contributed by atoms with van der Waals surface area (Å²) in [6, 6.07) is 8.27. The number of carbonyl (C=O) groups excluding carboxylic acids is 1.